The number of aliphatic hydroxyl groups is 2. The predicted octanol–water partition coefficient (Wildman–Crippen LogP) is 9.88. The Labute approximate surface area is 431 Å². The van der Waals surface area contributed by atoms with Crippen LogP contribution in [-0.2, 0) is 51.0 Å². The molecule has 0 saturated carbocycles. The summed E-state index contributed by atoms with van der Waals surface area (Å²) in [5, 5.41) is 20.9. The second-order valence-corrected chi connectivity index (χ2v) is 21.1. The highest BCUT2D eigenvalue weighted by atomic mass is 31.3. The SMILES string of the molecule is CCCCCCCC/C=C\C/C=C\C/C=C\CCCC(=O)O[C@H](COC(=O)CCC/C=C\C/C=C\C/C=C\CC1OC1CCCCC)COP(=O)(O)OP(=O)(O)OC[C@H]1O[C@@H](n2ccc(N)nc2=O)[C@H](O)[C@@H]1O. The van der Waals surface area contributed by atoms with Gasteiger partial charge >= 0.3 is 33.3 Å². The van der Waals surface area contributed by atoms with Crippen LogP contribution in [0.25, 0.3) is 0 Å². The summed E-state index contributed by atoms with van der Waals surface area (Å²) >= 11 is 0. The van der Waals surface area contributed by atoms with E-state index in [0.29, 0.717) is 37.9 Å². The van der Waals surface area contributed by atoms with Gasteiger partial charge in [0.1, 0.15) is 30.7 Å². The van der Waals surface area contributed by atoms with Crippen LogP contribution in [0.5, 0.6) is 0 Å². The van der Waals surface area contributed by atoms with Gasteiger partial charge in [0, 0.05) is 19.0 Å². The molecule has 3 heterocycles. The number of carbonyl (C=O) groups excluding carboxylic acids is 2. The van der Waals surface area contributed by atoms with Crippen molar-refractivity contribution < 1.29 is 71.0 Å². The molecule has 4 unspecified atom stereocenters. The first-order chi connectivity index (χ1) is 35.1. The number of anilines is 1. The maximum atomic E-state index is 12.9. The number of esters is 2. The number of ether oxygens (including phenoxy) is 4. The lowest BCUT2D eigenvalue weighted by molar-refractivity contribution is -0.161. The van der Waals surface area contributed by atoms with Gasteiger partial charge in [-0.1, -0.05) is 138 Å². The third-order valence-electron chi connectivity index (χ3n) is 11.7. The van der Waals surface area contributed by atoms with Gasteiger partial charge in [0.15, 0.2) is 12.3 Å². The van der Waals surface area contributed by atoms with Crippen molar-refractivity contribution in [2.24, 2.45) is 0 Å². The first kappa shape index (κ1) is 63.5. The molecule has 2 aliphatic rings. The zero-order valence-corrected chi connectivity index (χ0v) is 44.6. The molecule has 0 spiro atoms. The lowest BCUT2D eigenvalue weighted by Gasteiger charge is -2.21. The van der Waals surface area contributed by atoms with E-state index in [0.717, 1.165) is 55.7 Å². The van der Waals surface area contributed by atoms with Crippen LogP contribution in [0.1, 0.15) is 161 Å². The standard InChI is InChI=1S/C52H83N3O16P2/c1-3-5-7-8-9-10-11-12-13-14-15-16-17-22-25-28-32-36-48(57)68-42(39-65-47(56)35-31-27-24-21-19-18-20-23-26-30-34-44-43(69-44)33-29-6-4-2)40-66-72(61,62)71-73(63,64)67-41-45-49(58)50(59)51(70-45)55-38-37-46(53)54-52(55)60/h12-13,15-16,18,20-22,24-26,30,37-38,42-45,49-51,58-59H,3-11,14,17,19,23,27-29,31-36,39-41H2,1-2H3,(H,61,62)(H,63,64)(H2,53,54,60)/b13-12-,16-15-,20-18-,24-21-,25-22-,30-26-/t42-,43?,44?,45-,49-,50-,51-/m1/s1. The summed E-state index contributed by atoms with van der Waals surface area (Å²) in [6.45, 7) is 2.01. The maximum absolute atomic E-state index is 12.9. The fraction of sp³-hybridized carbons (Fsp3) is 0.654. The summed E-state index contributed by atoms with van der Waals surface area (Å²) in [5.41, 5.74) is 4.58. The molecular formula is C52H83N3O16P2. The average Bonchev–Trinajstić information content (AvgIpc) is 4.04. The Kier molecular flexibility index (Phi) is 32.2. The lowest BCUT2D eigenvalue weighted by Crippen LogP contribution is -2.36. The minimum Gasteiger partial charge on any atom is -0.462 e. The number of nitrogens with two attached hydrogens (primary N) is 1. The molecule has 1 aromatic rings. The van der Waals surface area contributed by atoms with Crippen LogP contribution in [0.3, 0.4) is 0 Å². The number of phosphoric acid groups is 2. The number of aromatic nitrogens is 2. The number of aliphatic hydroxyl groups excluding tert-OH is 2. The molecule has 19 nitrogen and oxygen atoms in total. The number of nitrogens with zero attached hydrogens (tertiary/aromatic N) is 2. The van der Waals surface area contributed by atoms with E-state index in [2.05, 4.69) is 71.8 Å². The van der Waals surface area contributed by atoms with Gasteiger partial charge in [-0.3, -0.25) is 23.2 Å². The van der Waals surface area contributed by atoms with E-state index in [1.807, 2.05) is 24.3 Å². The largest absolute Gasteiger partial charge is 0.481 e. The van der Waals surface area contributed by atoms with Gasteiger partial charge in [0.2, 0.25) is 0 Å². The number of hydrogen-bond acceptors (Lipinski definition) is 16. The summed E-state index contributed by atoms with van der Waals surface area (Å²) < 4.78 is 62.4. The van der Waals surface area contributed by atoms with E-state index in [1.54, 1.807) is 0 Å². The first-order valence-corrected chi connectivity index (χ1v) is 29.1. The van der Waals surface area contributed by atoms with E-state index in [1.165, 1.54) is 63.9 Å². The van der Waals surface area contributed by atoms with Gasteiger partial charge in [0.25, 0.3) is 0 Å². The quantitative estimate of drug-likeness (QED) is 0.0134. The number of nitrogen functional groups attached to an aromatic ring is 1. The Hall–Kier alpha value is -3.84. The first-order valence-electron chi connectivity index (χ1n) is 26.1. The minimum atomic E-state index is -5.45. The van der Waals surface area contributed by atoms with E-state index < -0.39 is 83.7 Å². The second kappa shape index (κ2) is 37.0. The monoisotopic (exact) mass is 1070 g/mol. The highest BCUT2D eigenvalue weighted by Gasteiger charge is 2.46. The van der Waals surface area contributed by atoms with Crippen molar-refractivity contribution in [2.45, 2.75) is 198 Å². The summed E-state index contributed by atoms with van der Waals surface area (Å²) in [4.78, 5) is 61.9. The molecule has 0 radical (unpaired) electrons. The second-order valence-electron chi connectivity index (χ2n) is 18.1. The fourth-order valence-electron chi connectivity index (χ4n) is 7.53. The molecule has 0 aliphatic carbocycles. The third kappa shape index (κ3) is 29.2. The van der Waals surface area contributed by atoms with Crippen LogP contribution in [0.4, 0.5) is 5.82 Å². The number of hydrogen-bond donors (Lipinski definition) is 5. The van der Waals surface area contributed by atoms with Crippen LogP contribution in [0, 0.1) is 0 Å². The highest BCUT2D eigenvalue weighted by molar-refractivity contribution is 7.61. The zero-order chi connectivity index (χ0) is 53.2. The number of epoxide rings is 1. The molecule has 9 atom stereocenters. The number of carbonyl (C=O) groups is 2. The van der Waals surface area contributed by atoms with Crippen LogP contribution < -0.4 is 11.4 Å². The number of unbranched alkanes of at least 4 members (excludes halogenated alkanes) is 10. The molecule has 1 aromatic heterocycles. The molecular weight excluding hydrogens is 985 g/mol. The normalized spacial score (nSPS) is 22.3. The van der Waals surface area contributed by atoms with Crippen molar-refractivity contribution in [3.63, 3.8) is 0 Å². The molecule has 0 amide bonds. The Morgan fingerprint density at radius 1 is 0.685 bits per heavy atom. The van der Waals surface area contributed by atoms with Crippen LogP contribution in [0.2, 0.25) is 0 Å². The van der Waals surface area contributed by atoms with Gasteiger partial charge < -0.3 is 44.7 Å². The average molecular weight is 1070 g/mol. The van der Waals surface area contributed by atoms with Crippen molar-refractivity contribution in [1.29, 1.82) is 0 Å². The fourth-order valence-corrected chi connectivity index (χ4v) is 9.64. The van der Waals surface area contributed by atoms with E-state index in [-0.39, 0.29) is 18.7 Å². The number of phosphoric ester groups is 2. The number of rotatable bonds is 41. The van der Waals surface area contributed by atoms with Crippen LogP contribution in [-0.4, -0.2) is 97.9 Å². The summed E-state index contributed by atoms with van der Waals surface area (Å²) in [5.74, 6) is -1.44. The lowest BCUT2D eigenvalue weighted by atomic mass is 10.1. The zero-order valence-electron chi connectivity index (χ0n) is 42.9. The van der Waals surface area contributed by atoms with Gasteiger partial charge in [0.05, 0.1) is 25.4 Å². The molecule has 0 aromatic carbocycles. The van der Waals surface area contributed by atoms with E-state index in [9.17, 15) is 43.5 Å². The van der Waals surface area contributed by atoms with Crippen LogP contribution in [0.15, 0.2) is 90.0 Å². The molecule has 21 heteroatoms. The maximum Gasteiger partial charge on any atom is 0.481 e. The van der Waals surface area contributed by atoms with Crippen molar-refractivity contribution in [3.05, 3.63) is 95.7 Å². The molecule has 6 N–H and O–H groups in total. The summed E-state index contributed by atoms with van der Waals surface area (Å²) in [6.07, 6.45) is 38.9. The third-order valence-corrected chi connectivity index (χ3v) is 14.3. The highest BCUT2D eigenvalue weighted by Crippen LogP contribution is 2.60. The van der Waals surface area contributed by atoms with Crippen molar-refractivity contribution in [1.82, 2.24) is 9.55 Å². The molecule has 73 heavy (non-hydrogen) atoms. The summed E-state index contributed by atoms with van der Waals surface area (Å²) in [7, 11) is -10.9. The van der Waals surface area contributed by atoms with E-state index >= 15 is 0 Å². The molecule has 2 saturated heterocycles. The van der Waals surface area contributed by atoms with Crippen LogP contribution >= 0.6 is 15.6 Å². The molecule has 2 fully saturated rings. The van der Waals surface area contributed by atoms with Crippen molar-refractivity contribution >= 4 is 33.4 Å². The smallest absolute Gasteiger partial charge is 0.462 e. The Morgan fingerprint density at radius 2 is 1.23 bits per heavy atom. The predicted molar refractivity (Wildman–Crippen MR) is 279 cm³/mol. The van der Waals surface area contributed by atoms with Crippen molar-refractivity contribution in [2.75, 3.05) is 25.6 Å². The van der Waals surface area contributed by atoms with Gasteiger partial charge in [-0.25, -0.2) is 13.9 Å². The molecule has 2 aliphatic heterocycles. The topological polar surface area (TPSA) is 278 Å². The van der Waals surface area contributed by atoms with Gasteiger partial charge in [-0.2, -0.15) is 9.29 Å². The van der Waals surface area contributed by atoms with Gasteiger partial charge in [-0.15, -0.1) is 0 Å². The Bertz CT molecular complexity index is 2080. The van der Waals surface area contributed by atoms with Gasteiger partial charge in [-0.05, 0) is 83.1 Å². The Balaban J connectivity index is 1.42. The molecule has 412 valence electrons. The Morgan fingerprint density at radius 3 is 1.86 bits per heavy atom. The molecule has 0 bridgehead atoms. The minimum absolute atomic E-state index is 0.0333. The van der Waals surface area contributed by atoms with Crippen molar-refractivity contribution in [3.8, 4) is 0 Å². The number of allylic oxidation sites excluding steroid dienone is 11. The molecule has 3 rings (SSSR count). The van der Waals surface area contributed by atoms with E-state index in [4.69, 9.17) is 33.7 Å². The summed E-state index contributed by atoms with van der Waals surface area (Å²) in [6, 6.07) is 1.24.